The minimum Gasteiger partial charge on any atom is -0.391 e. The SMILES string of the molecule is O[C@@H]1CN2CC[C@H]1[C@H](c1ccccc1)C2. The van der Waals surface area contributed by atoms with Gasteiger partial charge in [-0.15, -0.1) is 0 Å². The minimum atomic E-state index is -0.113. The molecule has 0 spiro atoms. The lowest BCUT2D eigenvalue weighted by Gasteiger charge is -2.48. The second-order valence-corrected chi connectivity index (χ2v) is 4.80. The van der Waals surface area contributed by atoms with E-state index < -0.39 is 0 Å². The molecule has 3 fully saturated rings. The van der Waals surface area contributed by atoms with E-state index in [0.29, 0.717) is 11.8 Å². The van der Waals surface area contributed by atoms with Crippen LogP contribution in [0.15, 0.2) is 30.3 Å². The van der Waals surface area contributed by atoms with Crippen molar-refractivity contribution in [3.05, 3.63) is 35.9 Å². The lowest BCUT2D eigenvalue weighted by molar-refractivity contribution is -0.0373. The van der Waals surface area contributed by atoms with Gasteiger partial charge in [0.2, 0.25) is 0 Å². The summed E-state index contributed by atoms with van der Waals surface area (Å²) < 4.78 is 0. The lowest BCUT2D eigenvalue weighted by Crippen LogP contribution is -2.54. The van der Waals surface area contributed by atoms with Crippen molar-refractivity contribution in [2.75, 3.05) is 19.6 Å². The maximum Gasteiger partial charge on any atom is 0.0702 e. The first-order valence-corrected chi connectivity index (χ1v) is 5.80. The molecule has 2 nitrogen and oxygen atoms in total. The van der Waals surface area contributed by atoms with Gasteiger partial charge in [-0.2, -0.15) is 0 Å². The van der Waals surface area contributed by atoms with E-state index in [2.05, 4.69) is 35.2 Å². The largest absolute Gasteiger partial charge is 0.391 e. The highest BCUT2D eigenvalue weighted by Gasteiger charge is 2.40. The molecule has 3 saturated heterocycles. The number of fused-ring (bicyclic) bond motifs is 3. The van der Waals surface area contributed by atoms with Crippen LogP contribution in [0.4, 0.5) is 0 Å². The smallest absolute Gasteiger partial charge is 0.0702 e. The maximum absolute atomic E-state index is 9.99. The first kappa shape index (κ1) is 9.37. The molecule has 0 radical (unpaired) electrons. The molecule has 2 bridgehead atoms. The molecule has 3 aliphatic rings. The fraction of sp³-hybridized carbons (Fsp3) is 0.538. The van der Waals surface area contributed by atoms with Crippen LogP contribution in [0, 0.1) is 5.92 Å². The van der Waals surface area contributed by atoms with Crippen molar-refractivity contribution >= 4 is 0 Å². The number of aliphatic hydroxyl groups excluding tert-OH is 1. The van der Waals surface area contributed by atoms with Gasteiger partial charge in [0, 0.05) is 19.0 Å². The normalized spacial score (nSPS) is 39.3. The Hall–Kier alpha value is -0.860. The van der Waals surface area contributed by atoms with Crippen LogP contribution in [0.5, 0.6) is 0 Å². The summed E-state index contributed by atoms with van der Waals surface area (Å²) in [5.74, 6) is 1.03. The third kappa shape index (κ3) is 1.58. The van der Waals surface area contributed by atoms with E-state index in [-0.39, 0.29) is 6.10 Å². The van der Waals surface area contributed by atoms with Crippen LogP contribution >= 0.6 is 0 Å². The van der Waals surface area contributed by atoms with Gasteiger partial charge in [0.25, 0.3) is 0 Å². The van der Waals surface area contributed by atoms with Gasteiger partial charge in [0.1, 0.15) is 0 Å². The van der Waals surface area contributed by atoms with Crippen molar-refractivity contribution in [2.45, 2.75) is 18.4 Å². The Kier molecular flexibility index (Phi) is 2.26. The van der Waals surface area contributed by atoms with Gasteiger partial charge in [-0.25, -0.2) is 0 Å². The van der Waals surface area contributed by atoms with Gasteiger partial charge < -0.3 is 10.0 Å². The van der Waals surface area contributed by atoms with Crippen molar-refractivity contribution < 1.29 is 5.11 Å². The molecule has 4 atom stereocenters. The summed E-state index contributed by atoms with van der Waals surface area (Å²) in [6.07, 6.45) is 1.04. The molecule has 0 amide bonds. The number of aliphatic hydroxyl groups is 1. The van der Waals surface area contributed by atoms with Gasteiger partial charge in [0.05, 0.1) is 6.10 Å². The van der Waals surface area contributed by atoms with Crippen LogP contribution in [0.3, 0.4) is 0 Å². The molecule has 4 rings (SSSR count). The van der Waals surface area contributed by atoms with Crippen molar-refractivity contribution in [1.82, 2.24) is 4.90 Å². The fourth-order valence-corrected chi connectivity index (χ4v) is 3.12. The maximum atomic E-state index is 9.99. The average Bonchev–Trinajstić information content (AvgIpc) is 2.30. The first-order valence-electron chi connectivity index (χ1n) is 5.80. The highest BCUT2D eigenvalue weighted by atomic mass is 16.3. The Morgan fingerprint density at radius 3 is 2.60 bits per heavy atom. The number of piperidine rings is 3. The zero-order valence-electron chi connectivity index (χ0n) is 8.84. The summed E-state index contributed by atoms with van der Waals surface area (Å²) in [4.78, 5) is 2.39. The fourth-order valence-electron chi connectivity index (χ4n) is 3.12. The van der Waals surface area contributed by atoms with Crippen molar-refractivity contribution in [3.63, 3.8) is 0 Å². The highest BCUT2D eigenvalue weighted by Crippen LogP contribution is 2.38. The summed E-state index contributed by atoms with van der Waals surface area (Å²) >= 11 is 0. The van der Waals surface area contributed by atoms with E-state index in [4.69, 9.17) is 0 Å². The van der Waals surface area contributed by atoms with Gasteiger partial charge in [0.15, 0.2) is 0 Å². The van der Waals surface area contributed by atoms with Crippen LogP contribution in [-0.4, -0.2) is 35.7 Å². The summed E-state index contributed by atoms with van der Waals surface area (Å²) in [5.41, 5.74) is 1.39. The Morgan fingerprint density at radius 2 is 1.93 bits per heavy atom. The van der Waals surface area contributed by atoms with Gasteiger partial charge in [-0.05, 0) is 24.4 Å². The van der Waals surface area contributed by atoms with Gasteiger partial charge in [-0.1, -0.05) is 30.3 Å². The molecule has 1 aromatic rings. The van der Waals surface area contributed by atoms with E-state index in [9.17, 15) is 5.11 Å². The molecular weight excluding hydrogens is 186 g/mol. The van der Waals surface area contributed by atoms with Crippen LogP contribution in [-0.2, 0) is 0 Å². The monoisotopic (exact) mass is 203 g/mol. The first-order chi connectivity index (χ1) is 7.34. The molecule has 3 aliphatic heterocycles. The van der Waals surface area contributed by atoms with E-state index in [1.54, 1.807) is 0 Å². The Bertz CT molecular complexity index is 338. The Morgan fingerprint density at radius 1 is 1.13 bits per heavy atom. The third-order valence-electron chi connectivity index (χ3n) is 3.92. The molecule has 1 unspecified atom stereocenters. The zero-order chi connectivity index (χ0) is 10.3. The Balaban J connectivity index is 1.88. The summed E-state index contributed by atoms with van der Waals surface area (Å²) in [7, 11) is 0. The number of nitrogens with zero attached hydrogens (tertiary/aromatic N) is 1. The van der Waals surface area contributed by atoms with Crippen LogP contribution in [0.1, 0.15) is 17.9 Å². The van der Waals surface area contributed by atoms with Crippen molar-refractivity contribution in [2.24, 2.45) is 5.92 Å². The molecule has 1 N–H and O–H groups in total. The zero-order valence-corrected chi connectivity index (χ0v) is 8.84. The molecule has 0 aliphatic carbocycles. The average molecular weight is 203 g/mol. The van der Waals surface area contributed by atoms with Crippen molar-refractivity contribution in [3.8, 4) is 0 Å². The highest BCUT2D eigenvalue weighted by molar-refractivity contribution is 5.23. The Labute approximate surface area is 90.5 Å². The minimum absolute atomic E-state index is 0.113. The third-order valence-corrected chi connectivity index (χ3v) is 3.92. The van der Waals surface area contributed by atoms with Gasteiger partial charge in [-0.3, -0.25) is 0 Å². The molecular formula is C13H17NO. The number of hydrogen-bond donors (Lipinski definition) is 1. The number of benzene rings is 1. The van der Waals surface area contributed by atoms with E-state index in [1.807, 2.05) is 0 Å². The van der Waals surface area contributed by atoms with Crippen LogP contribution < -0.4 is 0 Å². The molecule has 3 heterocycles. The molecule has 15 heavy (non-hydrogen) atoms. The lowest BCUT2D eigenvalue weighted by atomic mass is 9.74. The standard InChI is InChI=1S/C13H17NO/c15-13-9-14-7-6-11(13)12(8-14)10-4-2-1-3-5-10/h1-5,11-13,15H,6-9H2/t11-,12-,13+/m0/s1. The number of rotatable bonds is 1. The second kappa shape index (κ2) is 3.62. The summed E-state index contributed by atoms with van der Waals surface area (Å²) in [6.45, 7) is 3.19. The van der Waals surface area contributed by atoms with Crippen LogP contribution in [0.25, 0.3) is 0 Å². The summed E-state index contributed by atoms with van der Waals surface area (Å²) in [6, 6.07) is 10.6. The molecule has 2 heteroatoms. The summed E-state index contributed by atoms with van der Waals surface area (Å²) in [5, 5.41) is 9.99. The van der Waals surface area contributed by atoms with E-state index in [1.165, 1.54) is 12.1 Å². The number of hydrogen-bond acceptors (Lipinski definition) is 2. The van der Waals surface area contributed by atoms with Crippen molar-refractivity contribution in [1.29, 1.82) is 0 Å². The predicted molar refractivity (Wildman–Crippen MR) is 59.7 cm³/mol. The van der Waals surface area contributed by atoms with Gasteiger partial charge >= 0.3 is 0 Å². The van der Waals surface area contributed by atoms with E-state index in [0.717, 1.165) is 19.5 Å². The molecule has 1 aromatic carbocycles. The molecule has 0 saturated carbocycles. The topological polar surface area (TPSA) is 23.5 Å². The van der Waals surface area contributed by atoms with Crippen LogP contribution in [0.2, 0.25) is 0 Å². The molecule has 0 aromatic heterocycles. The van der Waals surface area contributed by atoms with E-state index >= 15 is 0 Å². The molecule has 80 valence electrons. The second-order valence-electron chi connectivity index (χ2n) is 4.80. The quantitative estimate of drug-likeness (QED) is 0.747. The predicted octanol–water partition coefficient (Wildman–Crippen LogP) is 1.47.